The minimum Gasteiger partial charge on any atom is -0.479 e. The minimum absolute atomic E-state index is 0.251. The van der Waals surface area contributed by atoms with Crippen LogP contribution in [0.5, 0.6) is 0 Å². The number of rotatable bonds is 5. The zero-order chi connectivity index (χ0) is 25.8. The highest BCUT2D eigenvalue weighted by atomic mass is 16.5. The molecule has 2 atom stereocenters. The molecule has 0 aromatic carbocycles. The number of carboxylic acids is 1. The third-order valence-electron chi connectivity index (χ3n) is 3.53. The molecule has 9 nitrogen and oxygen atoms in total. The summed E-state index contributed by atoms with van der Waals surface area (Å²) < 4.78 is 9.18. The van der Waals surface area contributed by atoms with Gasteiger partial charge in [-0.25, -0.2) is 14.4 Å². The lowest BCUT2D eigenvalue weighted by molar-refractivity contribution is -0.158. The molecule has 0 heterocycles. The number of hydrogen-bond donors (Lipinski definition) is 3. The molecule has 0 saturated heterocycles. The van der Waals surface area contributed by atoms with Crippen molar-refractivity contribution in [3.05, 3.63) is 0 Å². The van der Waals surface area contributed by atoms with Crippen LogP contribution >= 0.6 is 0 Å². The fourth-order valence-corrected chi connectivity index (χ4v) is 1.45. The third-order valence-corrected chi connectivity index (χ3v) is 3.53. The molecule has 3 N–H and O–H groups in total. The van der Waals surface area contributed by atoms with Crippen molar-refractivity contribution in [2.75, 3.05) is 13.2 Å². The number of Topliss-reactive ketones (excluding diaryl/α,β-unsaturated/α-hetero) is 1. The van der Waals surface area contributed by atoms with Crippen LogP contribution in [0.2, 0.25) is 0 Å². The fraction of sp³-hybridized carbons (Fsp3) is 0.818. The highest BCUT2D eigenvalue weighted by Gasteiger charge is 2.30. The molecule has 0 aromatic rings. The van der Waals surface area contributed by atoms with Crippen molar-refractivity contribution < 1.29 is 44.0 Å². The van der Waals surface area contributed by atoms with Crippen molar-refractivity contribution in [1.29, 1.82) is 0 Å². The van der Waals surface area contributed by atoms with Crippen LogP contribution in [-0.4, -0.2) is 64.4 Å². The molecule has 0 saturated carbocycles. The van der Waals surface area contributed by atoms with Crippen LogP contribution in [0, 0.1) is 16.2 Å². The second-order valence-electron chi connectivity index (χ2n) is 9.93. The van der Waals surface area contributed by atoms with E-state index < -0.39 is 52.1 Å². The van der Waals surface area contributed by atoms with Crippen LogP contribution in [0.3, 0.4) is 0 Å². The summed E-state index contributed by atoms with van der Waals surface area (Å²) in [5.41, 5.74) is -1.63. The van der Waals surface area contributed by atoms with E-state index in [1.54, 1.807) is 76.2 Å². The molecule has 0 unspecified atom stereocenters. The summed E-state index contributed by atoms with van der Waals surface area (Å²) >= 11 is 0. The molecule has 0 rings (SSSR count). The Morgan fingerprint density at radius 3 is 1.26 bits per heavy atom. The quantitative estimate of drug-likeness (QED) is 0.424. The van der Waals surface area contributed by atoms with Gasteiger partial charge in [0, 0.05) is 5.41 Å². The molecule has 9 heteroatoms. The highest BCUT2D eigenvalue weighted by Crippen LogP contribution is 2.20. The predicted octanol–water partition coefficient (Wildman–Crippen LogP) is 2.60. The van der Waals surface area contributed by atoms with E-state index in [2.05, 4.69) is 9.47 Å². The van der Waals surface area contributed by atoms with Gasteiger partial charge < -0.3 is 24.8 Å². The summed E-state index contributed by atoms with van der Waals surface area (Å²) in [4.78, 5) is 42.9. The van der Waals surface area contributed by atoms with Crippen molar-refractivity contribution in [2.45, 2.75) is 88.4 Å². The molecular weight excluding hydrogens is 408 g/mol. The number of esters is 2. The van der Waals surface area contributed by atoms with Crippen molar-refractivity contribution in [2.24, 2.45) is 16.2 Å². The molecule has 0 bridgehead atoms. The molecule has 0 amide bonds. The van der Waals surface area contributed by atoms with Gasteiger partial charge in [-0.05, 0) is 24.7 Å². The van der Waals surface area contributed by atoms with Crippen molar-refractivity contribution in [1.82, 2.24) is 0 Å². The Balaban J connectivity index is -0.000000382. The first kappa shape index (κ1) is 33.6. The SMILES string of the molecule is CC(C)(C)[C@@H](O)C(=O)O.CCOC(=O)C(=O)C(C)(C)C.CCOC(=O)[C@H](O)C(C)(C)C. The monoisotopic (exact) mass is 450 g/mol. The molecule has 0 radical (unpaired) electrons. The summed E-state index contributed by atoms with van der Waals surface area (Å²) in [6, 6.07) is 0. The molecular formula is C22H42O9. The molecule has 0 aromatic heterocycles. The van der Waals surface area contributed by atoms with Crippen molar-refractivity contribution in [3.63, 3.8) is 0 Å². The lowest BCUT2D eigenvalue weighted by atomic mass is 9.89. The summed E-state index contributed by atoms with van der Waals surface area (Å²) in [6.45, 7) is 19.4. The zero-order valence-corrected chi connectivity index (χ0v) is 20.9. The maximum absolute atomic E-state index is 11.1. The van der Waals surface area contributed by atoms with Gasteiger partial charge in [-0.15, -0.1) is 0 Å². The number of aliphatic hydroxyl groups is 2. The van der Waals surface area contributed by atoms with Gasteiger partial charge in [-0.2, -0.15) is 0 Å². The minimum atomic E-state index is -1.27. The first-order valence-electron chi connectivity index (χ1n) is 10.1. The van der Waals surface area contributed by atoms with E-state index in [4.69, 9.17) is 10.2 Å². The second-order valence-corrected chi connectivity index (χ2v) is 9.93. The maximum atomic E-state index is 11.1. The Morgan fingerprint density at radius 1 is 0.710 bits per heavy atom. The summed E-state index contributed by atoms with van der Waals surface area (Å²) in [6.07, 6.45) is -2.29. The number of ether oxygens (including phenoxy) is 2. The maximum Gasteiger partial charge on any atom is 0.375 e. The van der Waals surface area contributed by atoms with E-state index in [-0.39, 0.29) is 6.61 Å². The molecule has 0 aliphatic carbocycles. The zero-order valence-electron chi connectivity index (χ0n) is 20.9. The fourth-order valence-electron chi connectivity index (χ4n) is 1.45. The molecule has 0 spiro atoms. The number of aliphatic carboxylic acids is 1. The standard InChI is InChI=1S/C8H16O3.C8H14O3.C6H12O3/c2*1-5-11-7(10)6(9)8(2,3)4;1-6(2,3)4(7)5(8)9/h6,9H,5H2,1-4H3;5H2,1-4H3;4,7H,1-3H3,(H,8,9)/t6-;;4-/m0.0/s1. The average molecular weight is 451 g/mol. The van der Waals surface area contributed by atoms with Crippen LogP contribution in [0.25, 0.3) is 0 Å². The van der Waals surface area contributed by atoms with Gasteiger partial charge in [0.1, 0.15) is 0 Å². The Labute approximate surface area is 186 Å². The van der Waals surface area contributed by atoms with Crippen molar-refractivity contribution >= 4 is 23.7 Å². The van der Waals surface area contributed by atoms with Gasteiger partial charge in [-0.1, -0.05) is 62.3 Å². The smallest absolute Gasteiger partial charge is 0.375 e. The van der Waals surface area contributed by atoms with Crippen LogP contribution < -0.4 is 0 Å². The molecule has 0 aliphatic heterocycles. The van der Waals surface area contributed by atoms with E-state index in [0.29, 0.717) is 6.61 Å². The van der Waals surface area contributed by atoms with Gasteiger partial charge in [0.05, 0.1) is 13.2 Å². The van der Waals surface area contributed by atoms with Gasteiger partial charge in [0.25, 0.3) is 0 Å². The molecule has 184 valence electrons. The lowest BCUT2D eigenvalue weighted by Crippen LogP contribution is -2.35. The number of ketones is 1. The Morgan fingerprint density at radius 2 is 1.06 bits per heavy atom. The largest absolute Gasteiger partial charge is 0.479 e. The van der Waals surface area contributed by atoms with E-state index in [1.165, 1.54) is 0 Å². The number of carboxylic acid groups (broad SMARTS) is 1. The van der Waals surface area contributed by atoms with Gasteiger partial charge >= 0.3 is 17.9 Å². The van der Waals surface area contributed by atoms with Crippen LogP contribution in [0.4, 0.5) is 0 Å². The van der Waals surface area contributed by atoms with Gasteiger partial charge in [0.2, 0.25) is 5.78 Å². The lowest BCUT2D eigenvalue weighted by Gasteiger charge is -2.23. The topological polar surface area (TPSA) is 147 Å². The van der Waals surface area contributed by atoms with Crippen LogP contribution in [0.1, 0.15) is 76.2 Å². The summed E-state index contributed by atoms with van der Waals surface area (Å²) in [5.74, 6) is -2.91. The van der Waals surface area contributed by atoms with Crippen LogP contribution in [0.15, 0.2) is 0 Å². The number of hydrogen-bond acceptors (Lipinski definition) is 8. The summed E-state index contributed by atoms with van der Waals surface area (Å²) in [7, 11) is 0. The molecule has 0 aliphatic rings. The molecule has 31 heavy (non-hydrogen) atoms. The summed E-state index contributed by atoms with van der Waals surface area (Å²) in [5, 5.41) is 26.4. The van der Waals surface area contributed by atoms with Gasteiger partial charge in [-0.3, -0.25) is 4.79 Å². The highest BCUT2D eigenvalue weighted by molar-refractivity contribution is 6.35. The first-order chi connectivity index (χ1) is 13.6. The Kier molecular flexibility index (Phi) is 15.3. The predicted molar refractivity (Wildman–Crippen MR) is 116 cm³/mol. The Hall–Kier alpha value is -2.00. The average Bonchev–Trinajstić information content (AvgIpc) is 2.58. The van der Waals surface area contributed by atoms with Crippen molar-refractivity contribution in [3.8, 4) is 0 Å². The van der Waals surface area contributed by atoms with E-state index >= 15 is 0 Å². The normalized spacial score (nSPS) is 13.3. The number of carbonyl (C=O) groups is 4. The van der Waals surface area contributed by atoms with E-state index in [9.17, 15) is 24.3 Å². The van der Waals surface area contributed by atoms with Gasteiger partial charge in [0.15, 0.2) is 12.2 Å². The number of carbonyl (C=O) groups excluding carboxylic acids is 3. The van der Waals surface area contributed by atoms with Crippen LogP contribution in [-0.2, 0) is 28.7 Å². The van der Waals surface area contributed by atoms with E-state index in [0.717, 1.165) is 0 Å². The number of aliphatic hydroxyl groups excluding tert-OH is 2. The first-order valence-corrected chi connectivity index (χ1v) is 10.1. The Bertz CT molecular complexity index is 575. The third kappa shape index (κ3) is 16.4. The van der Waals surface area contributed by atoms with E-state index in [1.807, 2.05) is 0 Å². The second kappa shape index (κ2) is 14.1. The molecule has 0 fully saturated rings.